The van der Waals surface area contributed by atoms with Crippen molar-refractivity contribution in [1.82, 2.24) is 5.32 Å². The minimum absolute atomic E-state index is 0.0571. The van der Waals surface area contributed by atoms with Crippen LogP contribution in [-0.2, 0) is 9.84 Å². The van der Waals surface area contributed by atoms with E-state index in [2.05, 4.69) is 5.32 Å². The second kappa shape index (κ2) is 8.84. The summed E-state index contributed by atoms with van der Waals surface area (Å²) < 4.78 is 4.91. The molecule has 0 amide bonds. The number of nitrogens with one attached hydrogen (secondary N) is 1. The Morgan fingerprint density at radius 1 is 1.30 bits per heavy atom. The van der Waals surface area contributed by atoms with Gasteiger partial charge in [0.15, 0.2) is 0 Å². The Morgan fingerprint density at radius 3 is 2.70 bits per heavy atom. The Balaban J connectivity index is 2.65. The van der Waals surface area contributed by atoms with Crippen LogP contribution in [0.1, 0.15) is 0 Å². The number of rotatable bonds is 7. The highest BCUT2D eigenvalue weighted by atomic mass is 16.5. The molecule has 1 radical (unpaired) electrons. The molecule has 0 aliphatic carbocycles. The van der Waals surface area contributed by atoms with Crippen LogP contribution in [0.2, 0.25) is 0 Å². The SMILES string of the molecule is [O]CCNCCOCCO. The molecule has 0 spiro atoms. The second-order valence-corrected chi connectivity index (χ2v) is 1.79. The highest BCUT2D eigenvalue weighted by molar-refractivity contribution is 4.42. The largest absolute Gasteiger partial charge is 0.394 e. The lowest BCUT2D eigenvalue weighted by molar-refractivity contribution is 0.0924. The predicted octanol–water partition coefficient (Wildman–Crippen LogP) is -0.985. The van der Waals surface area contributed by atoms with Gasteiger partial charge in [-0.15, -0.1) is 0 Å². The first-order valence-corrected chi connectivity index (χ1v) is 3.39. The summed E-state index contributed by atoms with van der Waals surface area (Å²) in [5.41, 5.74) is 0. The number of aliphatic hydroxyl groups is 1. The molecule has 0 saturated carbocycles. The molecule has 0 aromatic carbocycles. The van der Waals surface area contributed by atoms with Crippen LogP contribution >= 0.6 is 0 Å². The molecule has 0 unspecified atom stereocenters. The van der Waals surface area contributed by atoms with Crippen LogP contribution in [0.5, 0.6) is 0 Å². The summed E-state index contributed by atoms with van der Waals surface area (Å²) in [5, 5.41) is 21.0. The van der Waals surface area contributed by atoms with Crippen molar-refractivity contribution < 1.29 is 14.9 Å². The van der Waals surface area contributed by atoms with Crippen LogP contribution in [0.3, 0.4) is 0 Å². The fourth-order valence-electron chi connectivity index (χ4n) is 0.508. The third-order valence-corrected chi connectivity index (χ3v) is 0.938. The molecular formula is C6H14NO3. The Labute approximate surface area is 60.8 Å². The van der Waals surface area contributed by atoms with Gasteiger partial charge < -0.3 is 15.2 Å². The molecule has 0 heterocycles. The van der Waals surface area contributed by atoms with E-state index in [4.69, 9.17) is 9.84 Å². The van der Waals surface area contributed by atoms with Crippen LogP contribution in [0.15, 0.2) is 0 Å². The van der Waals surface area contributed by atoms with E-state index in [0.717, 1.165) is 0 Å². The van der Waals surface area contributed by atoms with Crippen LogP contribution in [0.25, 0.3) is 0 Å². The molecule has 0 aliphatic rings. The molecule has 0 aromatic rings. The van der Waals surface area contributed by atoms with Gasteiger partial charge in [0.25, 0.3) is 0 Å². The molecule has 4 nitrogen and oxygen atoms in total. The van der Waals surface area contributed by atoms with Gasteiger partial charge >= 0.3 is 0 Å². The Hall–Kier alpha value is -0.160. The summed E-state index contributed by atoms with van der Waals surface area (Å²) >= 11 is 0. The minimum Gasteiger partial charge on any atom is -0.394 e. The summed E-state index contributed by atoms with van der Waals surface area (Å²) in [4.78, 5) is 0. The van der Waals surface area contributed by atoms with E-state index in [1.54, 1.807) is 0 Å². The zero-order valence-electron chi connectivity index (χ0n) is 6.01. The van der Waals surface area contributed by atoms with Gasteiger partial charge in [-0.05, 0) is 0 Å². The van der Waals surface area contributed by atoms with E-state index in [0.29, 0.717) is 26.3 Å². The van der Waals surface area contributed by atoms with Crippen molar-refractivity contribution in [3.8, 4) is 0 Å². The Bertz CT molecular complexity index is 53.0. The van der Waals surface area contributed by atoms with Gasteiger partial charge in [-0.25, -0.2) is 5.11 Å². The maximum Gasteiger partial charge on any atom is 0.0946 e. The molecule has 0 bridgehead atoms. The van der Waals surface area contributed by atoms with E-state index in [1.807, 2.05) is 0 Å². The molecule has 0 atom stereocenters. The summed E-state index contributed by atoms with van der Waals surface area (Å²) in [5.74, 6) is 0. The van der Waals surface area contributed by atoms with Gasteiger partial charge in [-0.3, -0.25) is 0 Å². The lowest BCUT2D eigenvalue weighted by Gasteiger charge is -2.01. The molecule has 0 aliphatic heterocycles. The third-order valence-electron chi connectivity index (χ3n) is 0.938. The number of aliphatic hydroxyl groups excluding tert-OH is 1. The maximum atomic E-state index is 9.88. The van der Waals surface area contributed by atoms with Crippen LogP contribution in [0.4, 0.5) is 0 Å². The van der Waals surface area contributed by atoms with Gasteiger partial charge in [0.2, 0.25) is 0 Å². The average Bonchev–Trinajstić information content (AvgIpc) is 1.97. The van der Waals surface area contributed by atoms with E-state index in [1.165, 1.54) is 0 Å². The van der Waals surface area contributed by atoms with Crippen molar-refractivity contribution in [3.63, 3.8) is 0 Å². The monoisotopic (exact) mass is 148 g/mol. The van der Waals surface area contributed by atoms with Crippen LogP contribution < -0.4 is 5.32 Å². The lowest BCUT2D eigenvalue weighted by Crippen LogP contribution is -2.23. The zero-order chi connectivity index (χ0) is 7.66. The van der Waals surface area contributed by atoms with Crippen molar-refractivity contribution >= 4 is 0 Å². The first kappa shape index (κ1) is 9.84. The fraction of sp³-hybridized carbons (Fsp3) is 1.00. The number of ether oxygens (including phenoxy) is 1. The molecule has 4 heteroatoms. The first-order chi connectivity index (χ1) is 4.91. The smallest absolute Gasteiger partial charge is 0.0946 e. The summed E-state index contributed by atoms with van der Waals surface area (Å²) in [7, 11) is 0. The molecule has 0 saturated heterocycles. The molecular weight excluding hydrogens is 134 g/mol. The van der Waals surface area contributed by atoms with E-state index < -0.39 is 0 Å². The predicted molar refractivity (Wildman–Crippen MR) is 36.3 cm³/mol. The Kier molecular flexibility index (Phi) is 8.70. The van der Waals surface area contributed by atoms with Crippen molar-refractivity contribution in [3.05, 3.63) is 0 Å². The summed E-state index contributed by atoms with van der Waals surface area (Å²) in [6, 6.07) is 0. The van der Waals surface area contributed by atoms with Gasteiger partial charge in [0.1, 0.15) is 0 Å². The van der Waals surface area contributed by atoms with Gasteiger partial charge in [0, 0.05) is 13.1 Å². The normalized spacial score (nSPS) is 10.2. The fourth-order valence-corrected chi connectivity index (χ4v) is 0.508. The Morgan fingerprint density at radius 2 is 2.10 bits per heavy atom. The van der Waals surface area contributed by atoms with Gasteiger partial charge in [-0.2, -0.15) is 0 Å². The number of hydrogen-bond donors (Lipinski definition) is 2. The average molecular weight is 148 g/mol. The minimum atomic E-state index is -0.0972. The van der Waals surface area contributed by atoms with Gasteiger partial charge in [-0.1, -0.05) is 0 Å². The quantitative estimate of drug-likeness (QED) is 0.456. The highest BCUT2D eigenvalue weighted by Gasteiger charge is 1.86. The molecule has 10 heavy (non-hydrogen) atoms. The first-order valence-electron chi connectivity index (χ1n) is 3.39. The van der Waals surface area contributed by atoms with E-state index >= 15 is 0 Å². The van der Waals surface area contributed by atoms with Crippen molar-refractivity contribution in [2.45, 2.75) is 0 Å². The van der Waals surface area contributed by atoms with Gasteiger partial charge in [0.05, 0.1) is 26.4 Å². The molecule has 0 aromatic heterocycles. The van der Waals surface area contributed by atoms with Crippen molar-refractivity contribution in [2.24, 2.45) is 0 Å². The van der Waals surface area contributed by atoms with Crippen molar-refractivity contribution in [1.29, 1.82) is 0 Å². The van der Waals surface area contributed by atoms with Crippen molar-refractivity contribution in [2.75, 3.05) is 39.5 Å². The lowest BCUT2D eigenvalue weighted by atomic mass is 10.6. The van der Waals surface area contributed by atoms with E-state index in [9.17, 15) is 5.11 Å². The highest BCUT2D eigenvalue weighted by Crippen LogP contribution is 1.70. The summed E-state index contributed by atoms with van der Waals surface area (Å²) in [6.07, 6.45) is 0. The molecule has 2 N–H and O–H groups in total. The van der Waals surface area contributed by atoms with E-state index in [-0.39, 0.29) is 13.2 Å². The molecule has 0 rings (SSSR count). The molecule has 61 valence electrons. The van der Waals surface area contributed by atoms with Crippen LogP contribution in [0, 0.1) is 0 Å². The third kappa shape index (κ3) is 7.84. The standard InChI is InChI=1S/C6H14NO3/c8-3-1-7-2-5-10-6-4-9/h7,9H,1-6H2. The summed E-state index contributed by atoms with van der Waals surface area (Å²) in [6.45, 7) is 2.06. The van der Waals surface area contributed by atoms with Crippen LogP contribution in [-0.4, -0.2) is 44.6 Å². The number of hydrogen-bond acceptors (Lipinski definition) is 3. The zero-order valence-corrected chi connectivity index (χ0v) is 6.01. The maximum absolute atomic E-state index is 9.88. The molecule has 0 fully saturated rings. The topological polar surface area (TPSA) is 61.4 Å². The second-order valence-electron chi connectivity index (χ2n) is 1.79.